The van der Waals surface area contributed by atoms with Gasteiger partial charge in [-0.25, -0.2) is 0 Å². The van der Waals surface area contributed by atoms with Crippen molar-refractivity contribution in [3.63, 3.8) is 0 Å². The third-order valence-corrected chi connectivity index (χ3v) is 4.23. The molecule has 0 radical (unpaired) electrons. The average molecular weight is 274 g/mol. The van der Waals surface area contributed by atoms with Crippen molar-refractivity contribution in [2.45, 2.75) is 63.8 Å². The van der Waals surface area contributed by atoms with E-state index in [-0.39, 0.29) is 5.91 Å². The first-order valence-corrected chi connectivity index (χ1v) is 7.83. The van der Waals surface area contributed by atoms with Crippen LogP contribution in [0.4, 0.5) is 5.69 Å². The highest BCUT2D eigenvalue weighted by molar-refractivity contribution is 5.98. The molecule has 20 heavy (non-hydrogen) atoms. The number of anilines is 1. The SMILES string of the molecule is CCCCCc1ccc(NC(=O)C2(N)CCCC2)cc1. The van der Waals surface area contributed by atoms with Gasteiger partial charge in [0.1, 0.15) is 0 Å². The number of rotatable bonds is 6. The Labute approximate surface area is 121 Å². The van der Waals surface area contributed by atoms with Gasteiger partial charge in [-0.2, -0.15) is 0 Å². The van der Waals surface area contributed by atoms with Crippen molar-refractivity contribution in [3.8, 4) is 0 Å². The molecule has 1 aliphatic rings. The molecule has 0 aromatic heterocycles. The fourth-order valence-electron chi connectivity index (χ4n) is 2.82. The Morgan fingerprint density at radius 1 is 1.20 bits per heavy atom. The molecule has 0 aliphatic heterocycles. The predicted octanol–water partition coefficient (Wildman–Crippen LogP) is 3.63. The van der Waals surface area contributed by atoms with E-state index in [9.17, 15) is 4.79 Å². The van der Waals surface area contributed by atoms with Crippen LogP contribution < -0.4 is 11.1 Å². The normalized spacial score (nSPS) is 17.1. The van der Waals surface area contributed by atoms with Crippen LogP contribution >= 0.6 is 0 Å². The van der Waals surface area contributed by atoms with Crippen molar-refractivity contribution in [3.05, 3.63) is 29.8 Å². The molecule has 2 rings (SSSR count). The van der Waals surface area contributed by atoms with Gasteiger partial charge < -0.3 is 11.1 Å². The van der Waals surface area contributed by atoms with Gasteiger partial charge in [0, 0.05) is 5.69 Å². The third-order valence-electron chi connectivity index (χ3n) is 4.23. The van der Waals surface area contributed by atoms with Gasteiger partial charge in [-0.1, -0.05) is 44.7 Å². The van der Waals surface area contributed by atoms with E-state index in [1.807, 2.05) is 12.1 Å². The van der Waals surface area contributed by atoms with Crippen LogP contribution in [0.3, 0.4) is 0 Å². The molecule has 1 aromatic rings. The zero-order valence-electron chi connectivity index (χ0n) is 12.5. The maximum absolute atomic E-state index is 12.2. The number of amides is 1. The van der Waals surface area contributed by atoms with E-state index in [2.05, 4.69) is 24.4 Å². The molecule has 0 unspecified atom stereocenters. The maximum Gasteiger partial charge on any atom is 0.244 e. The lowest BCUT2D eigenvalue weighted by atomic mass is 9.98. The number of carbonyl (C=O) groups excluding carboxylic acids is 1. The van der Waals surface area contributed by atoms with Crippen LogP contribution in [0.25, 0.3) is 0 Å². The van der Waals surface area contributed by atoms with Gasteiger partial charge in [-0.3, -0.25) is 4.79 Å². The fourth-order valence-corrected chi connectivity index (χ4v) is 2.82. The van der Waals surface area contributed by atoms with Gasteiger partial charge in [0.15, 0.2) is 0 Å². The Balaban J connectivity index is 1.88. The van der Waals surface area contributed by atoms with E-state index in [0.717, 1.165) is 37.8 Å². The first kappa shape index (κ1) is 15.0. The summed E-state index contributed by atoms with van der Waals surface area (Å²) in [4.78, 5) is 12.2. The minimum atomic E-state index is -0.653. The minimum absolute atomic E-state index is 0.0336. The summed E-state index contributed by atoms with van der Waals surface area (Å²) in [6.45, 7) is 2.21. The monoisotopic (exact) mass is 274 g/mol. The van der Waals surface area contributed by atoms with Gasteiger partial charge >= 0.3 is 0 Å². The van der Waals surface area contributed by atoms with Crippen molar-refractivity contribution in [2.24, 2.45) is 5.73 Å². The number of nitrogens with two attached hydrogens (primary N) is 1. The van der Waals surface area contributed by atoms with Crippen molar-refractivity contribution in [1.29, 1.82) is 0 Å². The number of aryl methyl sites for hydroxylation is 1. The minimum Gasteiger partial charge on any atom is -0.324 e. The number of carbonyl (C=O) groups is 1. The lowest BCUT2D eigenvalue weighted by Crippen LogP contribution is -2.48. The number of hydrogen-bond acceptors (Lipinski definition) is 2. The van der Waals surface area contributed by atoms with E-state index in [1.54, 1.807) is 0 Å². The third kappa shape index (κ3) is 3.83. The molecule has 3 heteroatoms. The van der Waals surface area contributed by atoms with Gasteiger partial charge in [-0.05, 0) is 43.4 Å². The Hall–Kier alpha value is -1.35. The van der Waals surface area contributed by atoms with Gasteiger partial charge in [0.05, 0.1) is 5.54 Å². The molecule has 1 aromatic carbocycles. The number of unbranched alkanes of at least 4 members (excludes halogenated alkanes) is 2. The molecule has 0 atom stereocenters. The lowest BCUT2D eigenvalue weighted by molar-refractivity contribution is -0.121. The van der Waals surface area contributed by atoms with Gasteiger partial charge in [-0.15, -0.1) is 0 Å². The van der Waals surface area contributed by atoms with Crippen LogP contribution in [0.15, 0.2) is 24.3 Å². The van der Waals surface area contributed by atoms with Crippen LogP contribution in [-0.4, -0.2) is 11.4 Å². The van der Waals surface area contributed by atoms with Gasteiger partial charge in [0.25, 0.3) is 0 Å². The van der Waals surface area contributed by atoms with Crippen LogP contribution in [0, 0.1) is 0 Å². The first-order valence-electron chi connectivity index (χ1n) is 7.83. The molecule has 0 saturated heterocycles. The molecule has 3 nitrogen and oxygen atoms in total. The van der Waals surface area contributed by atoms with E-state index in [0.29, 0.717) is 0 Å². The quantitative estimate of drug-likeness (QED) is 0.778. The summed E-state index contributed by atoms with van der Waals surface area (Å²) < 4.78 is 0. The lowest BCUT2D eigenvalue weighted by Gasteiger charge is -2.22. The molecule has 1 aliphatic carbocycles. The van der Waals surface area contributed by atoms with Crippen molar-refractivity contribution in [2.75, 3.05) is 5.32 Å². The topological polar surface area (TPSA) is 55.1 Å². The van der Waals surface area contributed by atoms with E-state index >= 15 is 0 Å². The molecule has 0 bridgehead atoms. The molecule has 3 N–H and O–H groups in total. The Morgan fingerprint density at radius 2 is 1.85 bits per heavy atom. The van der Waals surface area contributed by atoms with Gasteiger partial charge in [0.2, 0.25) is 5.91 Å². The average Bonchev–Trinajstić information content (AvgIpc) is 2.89. The summed E-state index contributed by atoms with van der Waals surface area (Å²) in [7, 11) is 0. The first-order chi connectivity index (χ1) is 9.64. The van der Waals surface area contributed by atoms with E-state index in [1.165, 1.54) is 24.8 Å². The van der Waals surface area contributed by atoms with Crippen molar-refractivity contribution < 1.29 is 4.79 Å². The molecule has 1 saturated carbocycles. The second-order valence-electron chi connectivity index (χ2n) is 5.97. The molecule has 0 heterocycles. The second-order valence-corrected chi connectivity index (χ2v) is 5.97. The summed E-state index contributed by atoms with van der Waals surface area (Å²) in [6, 6.07) is 8.17. The summed E-state index contributed by atoms with van der Waals surface area (Å²) in [5, 5.41) is 2.95. The predicted molar refractivity (Wildman–Crippen MR) is 83.7 cm³/mol. The highest BCUT2D eigenvalue weighted by Gasteiger charge is 2.36. The molecular weight excluding hydrogens is 248 g/mol. The van der Waals surface area contributed by atoms with Crippen molar-refractivity contribution in [1.82, 2.24) is 0 Å². The summed E-state index contributed by atoms with van der Waals surface area (Å²) >= 11 is 0. The van der Waals surface area contributed by atoms with Crippen molar-refractivity contribution >= 4 is 11.6 Å². The van der Waals surface area contributed by atoms with Crippen LogP contribution in [0.2, 0.25) is 0 Å². The smallest absolute Gasteiger partial charge is 0.244 e. The summed E-state index contributed by atoms with van der Waals surface area (Å²) in [6.07, 6.45) is 8.57. The van der Waals surface area contributed by atoms with Crippen LogP contribution in [-0.2, 0) is 11.2 Å². The molecule has 0 spiro atoms. The Bertz CT molecular complexity index is 433. The fraction of sp³-hybridized carbons (Fsp3) is 0.588. The number of nitrogens with one attached hydrogen (secondary N) is 1. The zero-order valence-corrected chi connectivity index (χ0v) is 12.5. The standard InChI is InChI=1S/C17H26N2O/c1-2-3-4-7-14-8-10-15(11-9-14)19-16(20)17(18)12-5-6-13-17/h8-11H,2-7,12-13,18H2,1H3,(H,19,20). The van der Waals surface area contributed by atoms with Crippen LogP contribution in [0.5, 0.6) is 0 Å². The highest BCUT2D eigenvalue weighted by Crippen LogP contribution is 2.28. The maximum atomic E-state index is 12.2. The van der Waals surface area contributed by atoms with E-state index < -0.39 is 5.54 Å². The largest absolute Gasteiger partial charge is 0.324 e. The van der Waals surface area contributed by atoms with Crippen LogP contribution in [0.1, 0.15) is 57.4 Å². The highest BCUT2D eigenvalue weighted by atomic mass is 16.2. The molecule has 1 fully saturated rings. The Morgan fingerprint density at radius 3 is 2.45 bits per heavy atom. The Kier molecular flexibility index (Phi) is 5.18. The number of benzene rings is 1. The van der Waals surface area contributed by atoms with E-state index in [4.69, 9.17) is 5.73 Å². The second kappa shape index (κ2) is 6.89. The summed E-state index contributed by atoms with van der Waals surface area (Å²) in [5.41, 5.74) is 7.68. The molecule has 1 amide bonds. The summed E-state index contributed by atoms with van der Waals surface area (Å²) in [5.74, 6) is -0.0336. The number of hydrogen-bond donors (Lipinski definition) is 2. The molecule has 110 valence electrons. The zero-order chi connectivity index (χ0) is 14.4. The molecular formula is C17H26N2O.